The maximum absolute atomic E-state index is 12.0. The van der Waals surface area contributed by atoms with Gasteiger partial charge >= 0.3 is 5.97 Å². The van der Waals surface area contributed by atoms with Crippen molar-refractivity contribution in [3.05, 3.63) is 23.7 Å². The van der Waals surface area contributed by atoms with Crippen molar-refractivity contribution in [1.29, 1.82) is 0 Å². The van der Waals surface area contributed by atoms with Crippen LogP contribution in [0.3, 0.4) is 0 Å². The van der Waals surface area contributed by atoms with E-state index in [4.69, 9.17) is 14.3 Å². The van der Waals surface area contributed by atoms with E-state index in [-0.39, 0.29) is 19.1 Å². The van der Waals surface area contributed by atoms with Crippen LogP contribution in [-0.4, -0.2) is 47.7 Å². The number of carbonyl (C=O) groups is 2. The van der Waals surface area contributed by atoms with Crippen LogP contribution in [0.15, 0.2) is 16.5 Å². The van der Waals surface area contributed by atoms with Gasteiger partial charge in [-0.3, -0.25) is 4.79 Å². The standard InChI is InChI=1S/C13H17NO5/c1-9-2-3-10(19-9)4-5-12(15)14-6-7-18-11(8-14)13(16)17/h2-3,11H,4-8H2,1H3,(H,16,17). The predicted molar refractivity (Wildman–Crippen MR) is 65.7 cm³/mol. The number of hydrogen-bond acceptors (Lipinski definition) is 4. The summed E-state index contributed by atoms with van der Waals surface area (Å²) in [5.41, 5.74) is 0. The van der Waals surface area contributed by atoms with Crippen molar-refractivity contribution in [2.75, 3.05) is 19.7 Å². The van der Waals surface area contributed by atoms with Gasteiger partial charge in [-0.1, -0.05) is 0 Å². The van der Waals surface area contributed by atoms with Crippen LogP contribution in [0.1, 0.15) is 17.9 Å². The molecule has 1 aliphatic rings. The zero-order chi connectivity index (χ0) is 13.8. The first kappa shape index (κ1) is 13.6. The molecule has 104 valence electrons. The van der Waals surface area contributed by atoms with Crippen LogP contribution in [0.4, 0.5) is 0 Å². The van der Waals surface area contributed by atoms with Gasteiger partial charge in [0.15, 0.2) is 6.10 Å². The molecule has 1 atom stereocenters. The fraction of sp³-hybridized carbons (Fsp3) is 0.538. The van der Waals surface area contributed by atoms with Crippen molar-refractivity contribution in [2.45, 2.75) is 25.9 Å². The summed E-state index contributed by atoms with van der Waals surface area (Å²) in [6.07, 6.45) is -0.0651. The highest BCUT2D eigenvalue weighted by molar-refractivity contribution is 5.78. The number of morpholine rings is 1. The van der Waals surface area contributed by atoms with Crippen LogP contribution in [0.2, 0.25) is 0 Å². The van der Waals surface area contributed by atoms with Crippen molar-refractivity contribution >= 4 is 11.9 Å². The summed E-state index contributed by atoms with van der Waals surface area (Å²) in [5, 5.41) is 8.87. The van der Waals surface area contributed by atoms with Crippen LogP contribution in [0, 0.1) is 6.92 Å². The lowest BCUT2D eigenvalue weighted by Gasteiger charge is -2.30. The molecule has 0 aromatic carbocycles. The normalized spacial score (nSPS) is 19.4. The fourth-order valence-corrected chi connectivity index (χ4v) is 2.03. The third-order valence-corrected chi connectivity index (χ3v) is 3.08. The number of amides is 1. The SMILES string of the molecule is Cc1ccc(CCC(=O)N2CCOC(C(=O)O)C2)o1. The van der Waals surface area contributed by atoms with Gasteiger partial charge in [-0.25, -0.2) is 4.79 Å². The monoisotopic (exact) mass is 267 g/mol. The Hall–Kier alpha value is -1.82. The van der Waals surface area contributed by atoms with E-state index in [0.29, 0.717) is 19.4 Å². The number of rotatable bonds is 4. The van der Waals surface area contributed by atoms with Gasteiger partial charge in [-0.15, -0.1) is 0 Å². The lowest BCUT2D eigenvalue weighted by Crippen LogP contribution is -2.48. The third kappa shape index (κ3) is 3.57. The molecule has 1 aliphatic heterocycles. The van der Waals surface area contributed by atoms with Gasteiger partial charge in [0, 0.05) is 19.4 Å². The quantitative estimate of drug-likeness (QED) is 0.874. The molecule has 1 unspecified atom stereocenters. The van der Waals surface area contributed by atoms with Gasteiger partial charge in [-0.05, 0) is 19.1 Å². The first-order valence-electron chi connectivity index (χ1n) is 6.24. The lowest BCUT2D eigenvalue weighted by molar-refractivity contribution is -0.159. The zero-order valence-electron chi connectivity index (χ0n) is 10.8. The molecule has 1 saturated heterocycles. The summed E-state index contributed by atoms with van der Waals surface area (Å²) in [7, 11) is 0. The molecule has 2 rings (SSSR count). The van der Waals surface area contributed by atoms with Gasteiger partial charge < -0.3 is 19.2 Å². The molecule has 0 saturated carbocycles. The zero-order valence-corrected chi connectivity index (χ0v) is 10.8. The number of carboxylic acid groups (broad SMARTS) is 1. The molecular formula is C13H17NO5. The van der Waals surface area contributed by atoms with Crippen molar-refractivity contribution in [2.24, 2.45) is 0 Å². The van der Waals surface area contributed by atoms with Crippen molar-refractivity contribution in [1.82, 2.24) is 4.90 Å². The molecule has 1 aromatic heterocycles. The fourth-order valence-electron chi connectivity index (χ4n) is 2.03. The minimum absolute atomic E-state index is 0.0661. The second-order valence-corrected chi connectivity index (χ2v) is 4.55. The summed E-state index contributed by atoms with van der Waals surface area (Å²) in [6.45, 7) is 2.68. The highest BCUT2D eigenvalue weighted by Gasteiger charge is 2.28. The van der Waals surface area contributed by atoms with E-state index in [9.17, 15) is 9.59 Å². The van der Waals surface area contributed by atoms with Gasteiger partial charge in [0.1, 0.15) is 11.5 Å². The molecule has 1 N–H and O–H groups in total. The number of carbonyl (C=O) groups excluding carboxylic acids is 1. The Morgan fingerprint density at radius 3 is 2.89 bits per heavy atom. The van der Waals surface area contributed by atoms with Crippen molar-refractivity contribution in [3.8, 4) is 0 Å². The summed E-state index contributed by atoms with van der Waals surface area (Å²) in [4.78, 5) is 24.3. The summed E-state index contributed by atoms with van der Waals surface area (Å²) >= 11 is 0. The molecule has 19 heavy (non-hydrogen) atoms. The Kier molecular flexibility index (Phi) is 4.21. The van der Waals surface area contributed by atoms with Gasteiger partial charge in [0.2, 0.25) is 5.91 Å². The second kappa shape index (κ2) is 5.88. The molecule has 2 heterocycles. The molecule has 1 amide bonds. The molecule has 0 spiro atoms. The number of carboxylic acids is 1. The number of furan rings is 1. The van der Waals surface area contributed by atoms with Gasteiger partial charge in [-0.2, -0.15) is 0 Å². The lowest BCUT2D eigenvalue weighted by atomic mass is 10.2. The molecule has 6 nitrogen and oxygen atoms in total. The maximum Gasteiger partial charge on any atom is 0.334 e. The van der Waals surface area contributed by atoms with Crippen LogP contribution >= 0.6 is 0 Å². The predicted octanol–water partition coefficient (Wildman–Crippen LogP) is 0.833. The van der Waals surface area contributed by atoms with E-state index in [1.54, 1.807) is 0 Å². The Morgan fingerprint density at radius 1 is 1.47 bits per heavy atom. The number of ether oxygens (including phenoxy) is 1. The number of nitrogens with zero attached hydrogens (tertiary/aromatic N) is 1. The first-order chi connectivity index (χ1) is 9.06. The highest BCUT2D eigenvalue weighted by Crippen LogP contribution is 2.12. The van der Waals surface area contributed by atoms with Gasteiger partial charge in [0.25, 0.3) is 0 Å². The van der Waals surface area contributed by atoms with E-state index in [1.165, 1.54) is 4.90 Å². The van der Waals surface area contributed by atoms with Crippen LogP contribution in [0.25, 0.3) is 0 Å². The van der Waals surface area contributed by atoms with E-state index < -0.39 is 12.1 Å². The molecule has 0 radical (unpaired) electrons. The molecule has 1 aromatic rings. The Morgan fingerprint density at radius 2 is 2.26 bits per heavy atom. The average Bonchev–Trinajstić information content (AvgIpc) is 2.82. The highest BCUT2D eigenvalue weighted by atomic mass is 16.5. The number of hydrogen-bond donors (Lipinski definition) is 1. The molecule has 6 heteroatoms. The van der Waals surface area contributed by atoms with Gasteiger partial charge in [0.05, 0.1) is 13.2 Å². The van der Waals surface area contributed by atoms with Crippen molar-refractivity contribution in [3.63, 3.8) is 0 Å². The van der Waals surface area contributed by atoms with Crippen LogP contribution in [-0.2, 0) is 20.7 Å². The number of aryl methyl sites for hydroxylation is 2. The van der Waals surface area contributed by atoms with E-state index in [2.05, 4.69) is 0 Å². The topological polar surface area (TPSA) is 80.0 Å². The first-order valence-corrected chi connectivity index (χ1v) is 6.24. The third-order valence-electron chi connectivity index (χ3n) is 3.08. The van der Waals surface area contributed by atoms with E-state index in [0.717, 1.165) is 11.5 Å². The molecule has 0 aliphatic carbocycles. The molecule has 1 fully saturated rings. The second-order valence-electron chi connectivity index (χ2n) is 4.55. The summed E-state index contributed by atoms with van der Waals surface area (Å²) in [6, 6.07) is 3.71. The Balaban J connectivity index is 1.84. The average molecular weight is 267 g/mol. The molecular weight excluding hydrogens is 250 g/mol. The Labute approximate surface area is 110 Å². The number of aliphatic carboxylic acids is 1. The van der Waals surface area contributed by atoms with Crippen LogP contribution < -0.4 is 0 Å². The molecule has 0 bridgehead atoms. The van der Waals surface area contributed by atoms with Crippen molar-refractivity contribution < 1.29 is 23.8 Å². The summed E-state index contributed by atoms with van der Waals surface area (Å²) < 4.78 is 10.5. The minimum atomic E-state index is -1.03. The smallest absolute Gasteiger partial charge is 0.334 e. The van der Waals surface area contributed by atoms with E-state index in [1.807, 2.05) is 19.1 Å². The van der Waals surface area contributed by atoms with Crippen LogP contribution in [0.5, 0.6) is 0 Å². The maximum atomic E-state index is 12.0. The Bertz CT molecular complexity index is 467. The minimum Gasteiger partial charge on any atom is -0.479 e. The summed E-state index contributed by atoms with van der Waals surface area (Å²) in [5.74, 6) is 0.497. The largest absolute Gasteiger partial charge is 0.479 e. The van der Waals surface area contributed by atoms with E-state index >= 15 is 0 Å².